The van der Waals surface area contributed by atoms with Crippen LogP contribution in [0.25, 0.3) is 5.76 Å². The van der Waals surface area contributed by atoms with Gasteiger partial charge in [0.25, 0.3) is 0 Å². The highest BCUT2D eigenvalue weighted by molar-refractivity contribution is 6.15. The van der Waals surface area contributed by atoms with Crippen LogP contribution in [0.1, 0.15) is 33.9 Å². The smallest absolute Gasteiger partial charge is 0.217 e. The molecule has 0 amide bonds. The number of nitrogens with zero attached hydrogens (tertiary/aromatic N) is 1. The largest absolute Gasteiger partial charge is 0.507 e. The van der Waals surface area contributed by atoms with Gasteiger partial charge in [0, 0.05) is 16.8 Å². The van der Waals surface area contributed by atoms with E-state index in [1.54, 1.807) is 123 Å². The van der Waals surface area contributed by atoms with Gasteiger partial charge in [-0.2, -0.15) is 0 Å². The predicted octanol–water partition coefficient (Wildman–Crippen LogP) is 5.77. The fourth-order valence-electron chi connectivity index (χ4n) is 5.10. The van der Waals surface area contributed by atoms with Crippen molar-refractivity contribution in [3.63, 3.8) is 0 Å². The minimum Gasteiger partial charge on any atom is -0.507 e. The number of hydrogen-bond acceptors (Lipinski definition) is 7. The molecule has 4 aromatic carbocycles. The molecule has 7 nitrogen and oxygen atoms in total. The van der Waals surface area contributed by atoms with Gasteiger partial charge >= 0.3 is 0 Å². The maximum atomic E-state index is 14.3. The number of carbonyl (C=O) groups excluding carboxylic acids is 2. The van der Waals surface area contributed by atoms with Gasteiger partial charge in [-0.3, -0.25) is 9.59 Å². The molecule has 1 aliphatic heterocycles. The van der Waals surface area contributed by atoms with Crippen molar-refractivity contribution in [1.29, 1.82) is 0 Å². The SMILES string of the molecule is COc1ccc([C@@H]2C(=C(O)c3ccccc3)C(=O)[C@@](O)(CC(=O)c3ccccc3)N2c2ccc(OC)cc2)cc1. The summed E-state index contributed by atoms with van der Waals surface area (Å²) < 4.78 is 10.6. The van der Waals surface area contributed by atoms with E-state index < -0.39 is 29.8 Å². The Morgan fingerprint density at radius 1 is 0.775 bits per heavy atom. The van der Waals surface area contributed by atoms with E-state index in [2.05, 4.69) is 0 Å². The number of Topliss-reactive ketones (excluding diaryl/α,β-unsaturated/α-hetero) is 2. The lowest BCUT2D eigenvalue weighted by molar-refractivity contribution is -0.130. The lowest BCUT2D eigenvalue weighted by atomic mass is 9.92. The molecule has 4 aromatic rings. The van der Waals surface area contributed by atoms with E-state index in [9.17, 15) is 19.8 Å². The summed E-state index contributed by atoms with van der Waals surface area (Å²) in [6.07, 6.45) is -0.528. The topological polar surface area (TPSA) is 96.3 Å². The molecule has 2 atom stereocenters. The molecule has 40 heavy (non-hydrogen) atoms. The first-order chi connectivity index (χ1) is 19.4. The fraction of sp³-hybridized carbons (Fsp3) is 0.152. The van der Waals surface area contributed by atoms with Crippen LogP contribution in [0.2, 0.25) is 0 Å². The summed E-state index contributed by atoms with van der Waals surface area (Å²) in [7, 11) is 3.10. The van der Waals surface area contributed by atoms with Crippen LogP contribution in [0.4, 0.5) is 5.69 Å². The Morgan fingerprint density at radius 3 is 1.80 bits per heavy atom. The summed E-state index contributed by atoms with van der Waals surface area (Å²) in [5.41, 5.74) is -0.457. The van der Waals surface area contributed by atoms with Crippen molar-refractivity contribution >= 4 is 23.0 Å². The number of ketones is 2. The Balaban J connectivity index is 1.75. The Kier molecular flexibility index (Phi) is 7.40. The summed E-state index contributed by atoms with van der Waals surface area (Å²) >= 11 is 0. The lowest BCUT2D eigenvalue weighted by Gasteiger charge is -2.37. The Labute approximate surface area is 232 Å². The van der Waals surface area contributed by atoms with Crippen molar-refractivity contribution in [3.05, 3.63) is 131 Å². The van der Waals surface area contributed by atoms with E-state index in [0.717, 1.165) is 0 Å². The third-order valence-electron chi connectivity index (χ3n) is 7.13. The summed E-state index contributed by atoms with van der Waals surface area (Å²) in [5.74, 6) is -0.245. The molecule has 0 aliphatic carbocycles. The van der Waals surface area contributed by atoms with Crippen molar-refractivity contribution in [1.82, 2.24) is 0 Å². The quantitative estimate of drug-likeness (QED) is 0.168. The fourth-order valence-corrected chi connectivity index (χ4v) is 5.10. The van der Waals surface area contributed by atoms with Crippen molar-refractivity contribution in [2.75, 3.05) is 19.1 Å². The van der Waals surface area contributed by atoms with E-state index in [-0.39, 0.29) is 11.3 Å². The van der Waals surface area contributed by atoms with Gasteiger partial charge in [-0.15, -0.1) is 0 Å². The molecule has 0 bridgehead atoms. The third-order valence-corrected chi connectivity index (χ3v) is 7.13. The molecule has 1 aliphatic rings. The number of carbonyl (C=O) groups is 2. The number of methoxy groups -OCH3 is 2. The highest BCUT2D eigenvalue weighted by atomic mass is 16.5. The molecular formula is C33H29NO6. The molecule has 202 valence electrons. The number of anilines is 1. The van der Waals surface area contributed by atoms with Crippen LogP contribution in [0, 0.1) is 0 Å². The van der Waals surface area contributed by atoms with Gasteiger partial charge < -0.3 is 24.6 Å². The molecular weight excluding hydrogens is 506 g/mol. The van der Waals surface area contributed by atoms with E-state index in [1.807, 2.05) is 0 Å². The van der Waals surface area contributed by atoms with Crippen LogP contribution in [0.5, 0.6) is 11.5 Å². The standard InChI is InChI=1S/C33H29NO6/c1-39-26-17-13-23(14-18-26)30-29(31(36)24-11-7-4-8-12-24)32(37)33(38,21-28(35)22-9-5-3-6-10-22)34(30)25-15-19-27(40-2)20-16-25/h3-20,30,36,38H,21H2,1-2H3/t30-,33+/m1/s1. The van der Waals surface area contributed by atoms with Gasteiger partial charge in [0.15, 0.2) is 5.78 Å². The van der Waals surface area contributed by atoms with Crippen LogP contribution in [0.3, 0.4) is 0 Å². The number of ether oxygens (including phenoxy) is 2. The molecule has 2 N–H and O–H groups in total. The van der Waals surface area contributed by atoms with E-state index in [1.165, 1.54) is 4.90 Å². The predicted molar refractivity (Wildman–Crippen MR) is 153 cm³/mol. The molecule has 0 radical (unpaired) electrons. The van der Waals surface area contributed by atoms with Crippen LogP contribution in [-0.4, -0.2) is 41.7 Å². The molecule has 7 heteroatoms. The van der Waals surface area contributed by atoms with Crippen molar-refractivity contribution in [2.45, 2.75) is 18.2 Å². The number of rotatable bonds is 8. The van der Waals surface area contributed by atoms with Crippen LogP contribution in [-0.2, 0) is 4.79 Å². The Hall–Kier alpha value is -4.88. The van der Waals surface area contributed by atoms with E-state index in [4.69, 9.17) is 9.47 Å². The normalized spacial score (nSPS) is 19.8. The summed E-state index contributed by atoms with van der Waals surface area (Å²) in [6, 6.07) is 30.1. The zero-order valence-electron chi connectivity index (χ0n) is 22.2. The second-order valence-corrected chi connectivity index (χ2v) is 9.48. The minimum absolute atomic E-state index is 0.0180. The number of benzene rings is 4. The Morgan fingerprint density at radius 2 is 1.27 bits per heavy atom. The van der Waals surface area contributed by atoms with Gasteiger partial charge in [0.05, 0.1) is 32.3 Å². The monoisotopic (exact) mass is 535 g/mol. The second-order valence-electron chi connectivity index (χ2n) is 9.48. The van der Waals surface area contributed by atoms with Crippen molar-refractivity contribution in [2.24, 2.45) is 0 Å². The van der Waals surface area contributed by atoms with Gasteiger partial charge in [0.1, 0.15) is 17.3 Å². The molecule has 0 unspecified atom stereocenters. The van der Waals surface area contributed by atoms with Crippen molar-refractivity contribution < 1.29 is 29.3 Å². The number of aliphatic hydroxyl groups excluding tert-OH is 1. The first-order valence-electron chi connectivity index (χ1n) is 12.8. The highest BCUT2D eigenvalue weighted by Crippen LogP contribution is 2.50. The van der Waals surface area contributed by atoms with Crippen LogP contribution < -0.4 is 14.4 Å². The lowest BCUT2D eigenvalue weighted by Crippen LogP contribution is -2.51. The van der Waals surface area contributed by atoms with E-state index >= 15 is 0 Å². The van der Waals surface area contributed by atoms with Crippen LogP contribution >= 0.6 is 0 Å². The molecule has 1 fully saturated rings. The third kappa shape index (κ3) is 4.83. The molecule has 0 spiro atoms. The first kappa shape index (κ1) is 26.7. The Bertz CT molecular complexity index is 1530. The van der Waals surface area contributed by atoms with E-state index in [0.29, 0.717) is 33.9 Å². The summed E-state index contributed by atoms with van der Waals surface area (Å²) in [4.78, 5) is 29.3. The average Bonchev–Trinajstić information content (AvgIpc) is 3.23. The maximum absolute atomic E-state index is 14.3. The highest BCUT2D eigenvalue weighted by Gasteiger charge is 2.58. The molecule has 5 rings (SSSR count). The molecule has 0 aromatic heterocycles. The number of aliphatic hydroxyl groups is 2. The second kappa shape index (κ2) is 11.1. The maximum Gasteiger partial charge on any atom is 0.217 e. The summed E-state index contributed by atoms with van der Waals surface area (Å²) in [6.45, 7) is 0. The van der Waals surface area contributed by atoms with Gasteiger partial charge in [0.2, 0.25) is 11.5 Å². The minimum atomic E-state index is -2.30. The van der Waals surface area contributed by atoms with Gasteiger partial charge in [-0.1, -0.05) is 72.8 Å². The zero-order valence-corrected chi connectivity index (χ0v) is 22.2. The molecule has 1 heterocycles. The first-order valence-corrected chi connectivity index (χ1v) is 12.8. The summed E-state index contributed by atoms with van der Waals surface area (Å²) in [5, 5.41) is 23.8. The van der Waals surface area contributed by atoms with Crippen molar-refractivity contribution in [3.8, 4) is 11.5 Å². The number of hydrogen-bond donors (Lipinski definition) is 2. The molecule has 1 saturated heterocycles. The van der Waals surface area contributed by atoms with Gasteiger partial charge in [-0.05, 0) is 42.0 Å². The average molecular weight is 536 g/mol. The van der Waals surface area contributed by atoms with Gasteiger partial charge in [-0.25, -0.2) is 0 Å². The zero-order chi connectivity index (χ0) is 28.3. The molecule has 0 saturated carbocycles. The van der Waals surface area contributed by atoms with Crippen LogP contribution in [0.15, 0.2) is 115 Å².